The summed E-state index contributed by atoms with van der Waals surface area (Å²) in [5.74, 6) is 0.00128. The van der Waals surface area contributed by atoms with Gasteiger partial charge < -0.3 is 9.30 Å². The first-order chi connectivity index (χ1) is 9.94. The predicted molar refractivity (Wildman–Crippen MR) is 76.2 cm³/mol. The molecule has 0 atom stereocenters. The summed E-state index contributed by atoms with van der Waals surface area (Å²) in [6.07, 6.45) is 1.69. The van der Waals surface area contributed by atoms with Crippen LogP contribution in [-0.4, -0.2) is 26.0 Å². The lowest BCUT2D eigenvalue weighted by Crippen LogP contribution is -2.42. The lowest BCUT2D eigenvalue weighted by atomic mass is 10.3. The highest BCUT2D eigenvalue weighted by Crippen LogP contribution is 2.14. The Balaban J connectivity index is 2.07. The van der Waals surface area contributed by atoms with E-state index in [-0.39, 0.29) is 4.90 Å². The summed E-state index contributed by atoms with van der Waals surface area (Å²) < 4.78 is 30.6. The first-order valence-corrected chi connectivity index (χ1v) is 7.50. The lowest BCUT2D eigenvalue weighted by molar-refractivity contribution is 0.0937. The second-order valence-electron chi connectivity index (χ2n) is 4.24. The monoisotopic (exact) mass is 309 g/mol. The zero-order valence-corrected chi connectivity index (χ0v) is 12.3. The van der Waals surface area contributed by atoms with Crippen LogP contribution >= 0.6 is 0 Å². The van der Waals surface area contributed by atoms with Gasteiger partial charge in [-0.05, 0) is 36.4 Å². The van der Waals surface area contributed by atoms with Crippen molar-refractivity contribution in [2.45, 2.75) is 4.90 Å². The van der Waals surface area contributed by atoms with E-state index in [1.165, 1.54) is 31.4 Å². The normalized spacial score (nSPS) is 11.1. The van der Waals surface area contributed by atoms with E-state index >= 15 is 0 Å². The van der Waals surface area contributed by atoms with Crippen molar-refractivity contribution in [3.8, 4) is 5.75 Å². The number of aromatic nitrogens is 1. The maximum absolute atomic E-state index is 12.0. The van der Waals surface area contributed by atoms with Crippen molar-refractivity contribution < 1.29 is 17.9 Å². The van der Waals surface area contributed by atoms with Crippen molar-refractivity contribution in [3.05, 3.63) is 48.3 Å². The smallest absolute Gasteiger partial charge is 0.282 e. The summed E-state index contributed by atoms with van der Waals surface area (Å²) in [7, 11) is -0.656. The van der Waals surface area contributed by atoms with Gasteiger partial charge in [-0.25, -0.2) is 8.42 Å². The number of benzene rings is 1. The van der Waals surface area contributed by atoms with Crippen LogP contribution in [0.25, 0.3) is 0 Å². The molecule has 2 rings (SSSR count). The molecule has 0 saturated heterocycles. The zero-order chi connectivity index (χ0) is 15.5. The quantitative estimate of drug-likeness (QED) is 0.794. The fourth-order valence-corrected chi connectivity index (χ4v) is 2.53. The van der Waals surface area contributed by atoms with E-state index in [2.05, 4.69) is 5.43 Å². The molecule has 21 heavy (non-hydrogen) atoms. The van der Waals surface area contributed by atoms with Crippen LogP contribution in [0.5, 0.6) is 5.75 Å². The van der Waals surface area contributed by atoms with Crippen molar-refractivity contribution in [1.29, 1.82) is 0 Å². The van der Waals surface area contributed by atoms with Crippen LogP contribution in [0.15, 0.2) is 47.5 Å². The fourth-order valence-electron chi connectivity index (χ4n) is 1.69. The summed E-state index contributed by atoms with van der Waals surface area (Å²) in [6.45, 7) is 0. The van der Waals surface area contributed by atoms with Gasteiger partial charge in [-0.3, -0.25) is 10.2 Å². The Morgan fingerprint density at radius 1 is 1.19 bits per heavy atom. The van der Waals surface area contributed by atoms with Crippen LogP contribution in [-0.2, 0) is 17.1 Å². The SMILES string of the molecule is COc1ccc(S(=O)(=O)NNC(=O)c2cccn2C)cc1. The van der Waals surface area contributed by atoms with Gasteiger partial charge in [0.05, 0.1) is 12.0 Å². The number of nitrogens with zero attached hydrogens (tertiary/aromatic N) is 1. The highest BCUT2D eigenvalue weighted by molar-refractivity contribution is 7.89. The third-order valence-electron chi connectivity index (χ3n) is 2.85. The molecule has 0 aliphatic carbocycles. The highest BCUT2D eigenvalue weighted by Gasteiger charge is 2.16. The van der Waals surface area contributed by atoms with Crippen LogP contribution in [0, 0.1) is 0 Å². The van der Waals surface area contributed by atoms with Crippen LogP contribution in [0.2, 0.25) is 0 Å². The Labute approximate surface area is 122 Å². The Kier molecular flexibility index (Phi) is 4.29. The van der Waals surface area contributed by atoms with E-state index in [0.717, 1.165) is 0 Å². The molecule has 7 nitrogen and oxygen atoms in total. The van der Waals surface area contributed by atoms with Crippen molar-refractivity contribution >= 4 is 15.9 Å². The summed E-state index contributed by atoms with van der Waals surface area (Å²) in [5.41, 5.74) is 2.50. The molecule has 1 aromatic heterocycles. The van der Waals surface area contributed by atoms with Crippen molar-refractivity contribution in [3.63, 3.8) is 0 Å². The number of carbonyl (C=O) groups excluding carboxylic acids is 1. The number of aryl methyl sites for hydroxylation is 1. The van der Waals surface area contributed by atoms with Gasteiger partial charge in [0.2, 0.25) is 0 Å². The molecule has 1 amide bonds. The number of carbonyl (C=O) groups is 1. The maximum Gasteiger partial charge on any atom is 0.282 e. The van der Waals surface area contributed by atoms with E-state index in [1.807, 2.05) is 4.83 Å². The second-order valence-corrected chi connectivity index (χ2v) is 5.92. The van der Waals surface area contributed by atoms with E-state index in [0.29, 0.717) is 11.4 Å². The van der Waals surface area contributed by atoms with Gasteiger partial charge in [-0.1, -0.05) is 0 Å². The molecule has 1 aromatic carbocycles. The number of amides is 1. The summed E-state index contributed by atoms with van der Waals surface area (Å²) >= 11 is 0. The number of rotatable bonds is 5. The number of nitrogens with one attached hydrogen (secondary N) is 2. The second kappa shape index (κ2) is 5.98. The Hall–Kier alpha value is -2.32. The molecule has 8 heteroatoms. The minimum absolute atomic E-state index is 0.0236. The molecule has 112 valence electrons. The van der Waals surface area contributed by atoms with Crippen LogP contribution < -0.4 is 15.0 Å². The van der Waals surface area contributed by atoms with Gasteiger partial charge >= 0.3 is 0 Å². The molecule has 0 saturated carbocycles. The average molecular weight is 309 g/mol. The first kappa shape index (κ1) is 15.1. The molecule has 0 bridgehead atoms. The van der Waals surface area contributed by atoms with Gasteiger partial charge in [-0.15, -0.1) is 4.83 Å². The molecule has 2 aromatic rings. The van der Waals surface area contributed by atoms with E-state index in [4.69, 9.17) is 4.74 Å². The summed E-state index contributed by atoms with van der Waals surface area (Å²) in [5, 5.41) is 0. The molecule has 0 radical (unpaired) electrons. The Morgan fingerprint density at radius 2 is 1.86 bits per heavy atom. The molecule has 0 spiro atoms. The predicted octanol–water partition coefficient (Wildman–Crippen LogP) is 0.657. The van der Waals surface area contributed by atoms with Gasteiger partial charge in [0.25, 0.3) is 15.9 Å². The van der Waals surface area contributed by atoms with Crippen molar-refractivity contribution in [2.75, 3.05) is 7.11 Å². The van der Waals surface area contributed by atoms with Crippen LogP contribution in [0.3, 0.4) is 0 Å². The third-order valence-corrected chi connectivity index (χ3v) is 4.11. The topological polar surface area (TPSA) is 89.4 Å². The fraction of sp³-hybridized carbons (Fsp3) is 0.154. The molecule has 0 aliphatic heterocycles. The van der Waals surface area contributed by atoms with Gasteiger partial charge in [0.1, 0.15) is 11.4 Å². The van der Waals surface area contributed by atoms with Gasteiger partial charge in [-0.2, -0.15) is 0 Å². The molecular weight excluding hydrogens is 294 g/mol. The van der Waals surface area contributed by atoms with Gasteiger partial charge in [0, 0.05) is 13.2 Å². The maximum atomic E-state index is 12.0. The standard InChI is InChI=1S/C13H15N3O4S/c1-16-9-3-4-12(16)13(17)14-15-21(18,19)11-7-5-10(20-2)6-8-11/h3-9,15H,1-2H3,(H,14,17). The van der Waals surface area contributed by atoms with E-state index < -0.39 is 15.9 Å². The highest BCUT2D eigenvalue weighted by atomic mass is 32.2. The summed E-state index contributed by atoms with van der Waals surface area (Å²) in [4.78, 5) is 13.9. The molecular formula is C13H15N3O4S. The Morgan fingerprint density at radius 3 is 2.38 bits per heavy atom. The van der Waals surface area contributed by atoms with Crippen LogP contribution in [0.1, 0.15) is 10.5 Å². The number of hydrazine groups is 1. The molecule has 0 fully saturated rings. The van der Waals surface area contributed by atoms with Crippen molar-refractivity contribution in [2.24, 2.45) is 7.05 Å². The minimum Gasteiger partial charge on any atom is -0.497 e. The molecule has 0 unspecified atom stereocenters. The number of sulfonamides is 1. The Bertz CT molecular complexity index is 735. The molecule has 1 heterocycles. The van der Waals surface area contributed by atoms with Crippen molar-refractivity contribution in [1.82, 2.24) is 14.8 Å². The minimum atomic E-state index is -3.83. The number of methoxy groups -OCH3 is 1. The van der Waals surface area contributed by atoms with E-state index in [1.54, 1.807) is 29.9 Å². The largest absolute Gasteiger partial charge is 0.497 e. The molecule has 0 aliphatic rings. The average Bonchev–Trinajstić information content (AvgIpc) is 2.91. The van der Waals surface area contributed by atoms with Crippen LogP contribution in [0.4, 0.5) is 0 Å². The number of hydrogen-bond donors (Lipinski definition) is 2. The zero-order valence-electron chi connectivity index (χ0n) is 11.5. The van der Waals surface area contributed by atoms with E-state index in [9.17, 15) is 13.2 Å². The lowest BCUT2D eigenvalue weighted by Gasteiger charge is -2.09. The number of ether oxygens (including phenoxy) is 1. The summed E-state index contributed by atoms with van der Waals surface area (Å²) in [6, 6.07) is 9.08. The number of hydrogen-bond acceptors (Lipinski definition) is 4. The molecule has 2 N–H and O–H groups in total. The third kappa shape index (κ3) is 3.41. The van der Waals surface area contributed by atoms with Gasteiger partial charge in [0.15, 0.2) is 0 Å². The first-order valence-electron chi connectivity index (χ1n) is 6.01.